The van der Waals surface area contributed by atoms with Crippen molar-refractivity contribution in [3.8, 4) is 0 Å². The number of nitrogens with zero attached hydrogens (tertiary/aromatic N) is 1. The Balaban J connectivity index is 1.76. The van der Waals surface area contributed by atoms with Gasteiger partial charge in [-0.05, 0) is 60.9 Å². The minimum atomic E-state index is -0.373. The lowest BCUT2D eigenvalue weighted by atomic mass is 9.75. The average molecular weight is 355 g/mol. The monoisotopic (exact) mass is 355 g/mol. The van der Waals surface area contributed by atoms with Gasteiger partial charge >= 0.3 is 0 Å². The van der Waals surface area contributed by atoms with E-state index >= 15 is 0 Å². The molecule has 2 aromatic rings. The van der Waals surface area contributed by atoms with Crippen LogP contribution in [-0.4, -0.2) is 33.1 Å². The van der Waals surface area contributed by atoms with Crippen LogP contribution in [0.1, 0.15) is 54.2 Å². The third-order valence-electron chi connectivity index (χ3n) is 5.04. The molecule has 0 aromatic carbocycles. The van der Waals surface area contributed by atoms with Gasteiger partial charge in [-0.25, -0.2) is 0 Å². The van der Waals surface area contributed by atoms with Crippen molar-refractivity contribution in [1.82, 2.24) is 15.3 Å². The number of rotatable bonds is 6. The Morgan fingerprint density at radius 2 is 1.96 bits per heavy atom. The van der Waals surface area contributed by atoms with E-state index in [-0.39, 0.29) is 41.0 Å². The van der Waals surface area contributed by atoms with Crippen molar-refractivity contribution in [2.45, 2.75) is 51.2 Å². The van der Waals surface area contributed by atoms with Crippen molar-refractivity contribution in [3.63, 3.8) is 0 Å². The third kappa shape index (κ3) is 4.19. The molecule has 0 bridgehead atoms. The van der Waals surface area contributed by atoms with Gasteiger partial charge in [0.2, 0.25) is 0 Å². The molecule has 26 heavy (non-hydrogen) atoms. The Morgan fingerprint density at radius 3 is 2.54 bits per heavy atom. The van der Waals surface area contributed by atoms with Gasteiger partial charge in [0.15, 0.2) is 0 Å². The van der Waals surface area contributed by atoms with Crippen LogP contribution in [0.5, 0.6) is 0 Å². The van der Waals surface area contributed by atoms with Crippen molar-refractivity contribution in [1.29, 1.82) is 0 Å². The summed E-state index contributed by atoms with van der Waals surface area (Å²) in [7, 11) is 0. The van der Waals surface area contributed by atoms with E-state index in [1.54, 1.807) is 24.5 Å². The van der Waals surface area contributed by atoms with Crippen molar-refractivity contribution in [2.75, 3.05) is 0 Å². The molecule has 1 saturated carbocycles. The molecule has 1 aliphatic carbocycles. The molecular formula is C20H25N3O3. The van der Waals surface area contributed by atoms with Crippen LogP contribution in [0.4, 0.5) is 0 Å². The molecule has 1 amide bonds. The molecule has 0 saturated heterocycles. The van der Waals surface area contributed by atoms with Crippen LogP contribution in [0.15, 0.2) is 41.5 Å². The second-order valence-electron chi connectivity index (χ2n) is 7.34. The van der Waals surface area contributed by atoms with Crippen molar-refractivity contribution >= 4 is 5.91 Å². The van der Waals surface area contributed by atoms with Gasteiger partial charge in [0.05, 0.1) is 6.10 Å². The Kier molecular flexibility index (Phi) is 5.52. The zero-order valence-corrected chi connectivity index (χ0v) is 15.1. The Labute approximate surface area is 152 Å². The number of carbonyl (C=O) groups is 1. The number of hydrogen-bond donors (Lipinski definition) is 3. The van der Waals surface area contributed by atoms with Gasteiger partial charge in [-0.15, -0.1) is 0 Å². The van der Waals surface area contributed by atoms with Crippen LogP contribution < -0.4 is 10.9 Å². The number of aliphatic hydroxyl groups is 1. The second-order valence-corrected chi connectivity index (χ2v) is 7.34. The smallest absolute Gasteiger partial charge is 0.261 e. The van der Waals surface area contributed by atoms with Gasteiger partial charge in [-0.3, -0.25) is 14.6 Å². The Morgan fingerprint density at radius 1 is 1.27 bits per heavy atom. The van der Waals surface area contributed by atoms with Gasteiger partial charge in [0, 0.05) is 24.1 Å². The first-order valence-electron chi connectivity index (χ1n) is 9.05. The van der Waals surface area contributed by atoms with E-state index in [0.29, 0.717) is 19.3 Å². The second kappa shape index (κ2) is 7.83. The van der Waals surface area contributed by atoms with Gasteiger partial charge in [0.25, 0.3) is 11.5 Å². The summed E-state index contributed by atoms with van der Waals surface area (Å²) in [4.78, 5) is 31.7. The fourth-order valence-corrected chi connectivity index (χ4v) is 3.32. The fourth-order valence-electron chi connectivity index (χ4n) is 3.32. The number of aromatic nitrogens is 2. The Hall–Kier alpha value is -2.47. The quantitative estimate of drug-likeness (QED) is 0.739. The highest BCUT2D eigenvalue weighted by atomic mass is 16.3. The van der Waals surface area contributed by atoms with Crippen LogP contribution >= 0.6 is 0 Å². The first kappa shape index (κ1) is 18.3. The van der Waals surface area contributed by atoms with Gasteiger partial charge in [0.1, 0.15) is 5.56 Å². The van der Waals surface area contributed by atoms with E-state index in [4.69, 9.17) is 0 Å². The maximum absolute atomic E-state index is 12.7. The predicted octanol–water partition coefficient (Wildman–Crippen LogP) is 2.01. The van der Waals surface area contributed by atoms with Crippen LogP contribution in [0.2, 0.25) is 0 Å². The minimum Gasteiger partial charge on any atom is -0.393 e. The van der Waals surface area contributed by atoms with Gasteiger partial charge in [-0.1, -0.05) is 13.8 Å². The lowest BCUT2D eigenvalue weighted by Crippen LogP contribution is -2.49. The van der Waals surface area contributed by atoms with E-state index in [2.05, 4.69) is 15.3 Å². The molecule has 138 valence electrons. The summed E-state index contributed by atoms with van der Waals surface area (Å²) in [5.74, 6) is 0.0221. The fraction of sp³-hybridized carbons (Fsp3) is 0.450. The lowest BCUT2D eigenvalue weighted by Gasteiger charge is -2.38. The van der Waals surface area contributed by atoms with E-state index in [1.165, 1.54) is 0 Å². The highest BCUT2D eigenvalue weighted by Crippen LogP contribution is 2.31. The zero-order valence-electron chi connectivity index (χ0n) is 15.1. The maximum atomic E-state index is 12.7. The summed E-state index contributed by atoms with van der Waals surface area (Å²) in [5, 5.41) is 12.6. The zero-order chi connectivity index (χ0) is 18.7. The molecule has 1 aliphatic rings. The van der Waals surface area contributed by atoms with E-state index in [1.807, 2.05) is 26.0 Å². The van der Waals surface area contributed by atoms with Gasteiger partial charge < -0.3 is 15.4 Å². The van der Waals surface area contributed by atoms with Crippen LogP contribution in [0.3, 0.4) is 0 Å². The molecule has 3 rings (SSSR count). The highest BCUT2D eigenvalue weighted by molar-refractivity contribution is 5.94. The van der Waals surface area contributed by atoms with Crippen LogP contribution in [0, 0.1) is 5.92 Å². The normalized spacial score (nSPS) is 20.5. The molecule has 2 aromatic heterocycles. The summed E-state index contributed by atoms with van der Waals surface area (Å²) < 4.78 is 0. The van der Waals surface area contributed by atoms with Crippen LogP contribution in [0.25, 0.3) is 0 Å². The van der Waals surface area contributed by atoms with E-state index < -0.39 is 0 Å². The topological polar surface area (TPSA) is 95.1 Å². The minimum absolute atomic E-state index is 0.119. The molecule has 0 spiro atoms. The third-order valence-corrected chi connectivity index (χ3v) is 5.04. The first-order chi connectivity index (χ1) is 12.4. The number of aromatic amines is 1. The molecule has 0 aliphatic heterocycles. The number of hydrogen-bond acceptors (Lipinski definition) is 4. The molecule has 1 fully saturated rings. The number of carbonyl (C=O) groups excluding carboxylic acids is 1. The molecule has 2 heterocycles. The lowest BCUT2D eigenvalue weighted by molar-refractivity contribution is 0.0239. The van der Waals surface area contributed by atoms with E-state index in [0.717, 1.165) is 11.3 Å². The van der Waals surface area contributed by atoms with Crippen LogP contribution in [-0.2, 0) is 6.42 Å². The number of pyridine rings is 2. The standard InChI is InChI=1S/C20H25N3O3/c1-12(2)17-4-3-16(19(25)22-17)20(26)23-18(14-10-15(24)11-14)9-13-5-7-21-8-6-13/h3-8,12,14-15,18,24H,9-11H2,1-2H3,(H,22,25)(H,23,26)/t14?,15?,18-/m1/s1. The summed E-state index contributed by atoms with van der Waals surface area (Å²) >= 11 is 0. The number of aliphatic hydroxyl groups excluding tert-OH is 1. The predicted molar refractivity (Wildman–Crippen MR) is 99.1 cm³/mol. The summed E-state index contributed by atoms with van der Waals surface area (Å²) in [5.41, 5.74) is 1.62. The average Bonchev–Trinajstić information content (AvgIpc) is 2.59. The first-order valence-corrected chi connectivity index (χ1v) is 9.05. The molecule has 0 unspecified atom stereocenters. The Bertz CT molecular complexity index is 811. The SMILES string of the molecule is CC(C)c1ccc(C(=O)N[C@H](Cc2ccncc2)C2CC(O)C2)c(=O)[nH]1. The largest absolute Gasteiger partial charge is 0.393 e. The molecule has 1 atom stereocenters. The summed E-state index contributed by atoms with van der Waals surface area (Å²) in [6, 6.07) is 7.07. The summed E-state index contributed by atoms with van der Waals surface area (Å²) in [6.07, 6.45) is 5.12. The molecule has 6 heteroatoms. The van der Waals surface area contributed by atoms with Gasteiger partial charge in [-0.2, -0.15) is 0 Å². The molecule has 3 N–H and O–H groups in total. The van der Waals surface area contributed by atoms with Crippen molar-refractivity contribution < 1.29 is 9.90 Å². The summed E-state index contributed by atoms with van der Waals surface area (Å²) in [6.45, 7) is 3.97. The number of amides is 1. The molecular weight excluding hydrogens is 330 g/mol. The highest BCUT2D eigenvalue weighted by Gasteiger charge is 2.35. The maximum Gasteiger partial charge on any atom is 0.261 e. The van der Waals surface area contributed by atoms with Crippen molar-refractivity contribution in [2.24, 2.45) is 5.92 Å². The van der Waals surface area contributed by atoms with E-state index in [9.17, 15) is 14.7 Å². The molecule has 0 radical (unpaired) electrons. The molecule has 6 nitrogen and oxygen atoms in total. The number of H-pyrrole nitrogens is 1. The number of nitrogens with one attached hydrogen (secondary N) is 2. The van der Waals surface area contributed by atoms with Crippen molar-refractivity contribution in [3.05, 3.63) is 63.8 Å².